The molecule has 21 heavy (non-hydrogen) atoms. The number of rotatable bonds is 3. The Labute approximate surface area is 124 Å². The van der Waals surface area contributed by atoms with Crippen molar-refractivity contribution in [3.05, 3.63) is 24.0 Å². The molecule has 0 bridgehead atoms. The molecule has 2 unspecified atom stereocenters. The van der Waals surface area contributed by atoms with E-state index in [1.165, 1.54) is 32.4 Å². The van der Waals surface area contributed by atoms with E-state index in [1.807, 2.05) is 0 Å². The fourth-order valence-corrected chi connectivity index (χ4v) is 3.49. The second-order valence-corrected chi connectivity index (χ2v) is 6.07. The Bertz CT molecular complexity index is 534. The average molecular weight is 291 g/mol. The number of benzene rings is 1. The molecule has 3 rings (SSSR count). The number of hydrogen-bond donors (Lipinski definition) is 2. The fraction of sp³-hybridized carbons (Fsp3) is 0.562. The quantitative estimate of drug-likeness (QED) is 0.900. The van der Waals surface area contributed by atoms with Crippen molar-refractivity contribution in [3.8, 4) is 0 Å². The van der Waals surface area contributed by atoms with Gasteiger partial charge in [-0.2, -0.15) is 0 Å². The lowest BCUT2D eigenvalue weighted by Crippen LogP contribution is -2.42. The predicted octanol–water partition coefficient (Wildman–Crippen LogP) is 2.82. The first kappa shape index (κ1) is 14.3. The zero-order valence-electron chi connectivity index (χ0n) is 12.4. The van der Waals surface area contributed by atoms with Crippen LogP contribution in [0.3, 0.4) is 0 Å². The smallest absolute Gasteiger partial charge is 0.221 e. The van der Waals surface area contributed by atoms with Crippen molar-refractivity contribution in [1.82, 2.24) is 4.90 Å². The van der Waals surface area contributed by atoms with Gasteiger partial charge >= 0.3 is 0 Å². The van der Waals surface area contributed by atoms with E-state index >= 15 is 0 Å². The van der Waals surface area contributed by atoms with Crippen LogP contribution in [-0.2, 0) is 4.79 Å². The highest BCUT2D eigenvalue weighted by Crippen LogP contribution is 2.29. The molecule has 2 fully saturated rings. The largest absolute Gasteiger partial charge is 0.382 e. The fourth-order valence-electron chi connectivity index (χ4n) is 3.49. The summed E-state index contributed by atoms with van der Waals surface area (Å²) in [7, 11) is 0. The number of amides is 1. The molecule has 1 amide bonds. The molecule has 2 saturated heterocycles. The summed E-state index contributed by atoms with van der Waals surface area (Å²) in [5.74, 6) is -0.660. The van der Waals surface area contributed by atoms with Crippen LogP contribution in [0, 0.1) is 5.82 Å². The number of nitrogens with zero attached hydrogens (tertiary/aromatic N) is 1. The topological polar surface area (TPSA) is 44.4 Å². The highest BCUT2D eigenvalue weighted by molar-refractivity contribution is 5.89. The van der Waals surface area contributed by atoms with Crippen LogP contribution in [0.1, 0.15) is 32.6 Å². The Morgan fingerprint density at radius 1 is 1.33 bits per heavy atom. The lowest BCUT2D eigenvalue weighted by atomic mass is 9.97. The van der Waals surface area contributed by atoms with E-state index in [1.54, 1.807) is 12.1 Å². The summed E-state index contributed by atoms with van der Waals surface area (Å²) in [4.78, 5) is 13.7. The number of halogens is 1. The Morgan fingerprint density at radius 2 is 2.19 bits per heavy atom. The third kappa shape index (κ3) is 3.35. The summed E-state index contributed by atoms with van der Waals surface area (Å²) >= 11 is 0. The second-order valence-electron chi connectivity index (χ2n) is 6.07. The van der Waals surface area contributed by atoms with Gasteiger partial charge in [0.05, 0.1) is 5.69 Å². The number of anilines is 2. The number of hydrogen-bond acceptors (Lipinski definition) is 3. The molecule has 5 heteroatoms. The van der Waals surface area contributed by atoms with Crippen LogP contribution in [0.5, 0.6) is 0 Å². The molecule has 0 radical (unpaired) electrons. The van der Waals surface area contributed by atoms with Crippen LogP contribution in [0.4, 0.5) is 15.8 Å². The van der Waals surface area contributed by atoms with Crippen LogP contribution in [-0.4, -0.2) is 36.0 Å². The van der Waals surface area contributed by atoms with E-state index in [0.717, 1.165) is 25.1 Å². The van der Waals surface area contributed by atoms with Gasteiger partial charge in [-0.3, -0.25) is 4.79 Å². The third-order valence-electron chi connectivity index (χ3n) is 4.47. The maximum Gasteiger partial charge on any atom is 0.221 e. The molecular weight excluding hydrogens is 269 g/mol. The van der Waals surface area contributed by atoms with Crippen LogP contribution >= 0.6 is 0 Å². The Balaban J connectivity index is 1.66. The van der Waals surface area contributed by atoms with E-state index in [4.69, 9.17) is 0 Å². The SMILES string of the molecule is CC(=O)Nc1cc(NC2CCN3CCCC3C2)ccc1F. The van der Waals surface area contributed by atoms with Gasteiger partial charge in [0.15, 0.2) is 0 Å². The summed E-state index contributed by atoms with van der Waals surface area (Å²) < 4.78 is 13.6. The van der Waals surface area contributed by atoms with Crippen molar-refractivity contribution >= 4 is 17.3 Å². The number of carbonyl (C=O) groups is 1. The van der Waals surface area contributed by atoms with Crippen molar-refractivity contribution < 1.29 is 9.18 Å². The van der Waals surface area contributed by atoms with Crippen molar-refractivity contribution in [2.24, 2.45) is 0 Å². The highest BCUT2D eigenvalue weighted by atomic mass is 19.1. The summed E-state index contributed by atoms with van der Waals surface area (Å²) in [6.07, 6.45) is 4.86. The summed E-state index contributed by atoms with van der Waals surface area (Å²) in [5, 5.41) is 6.02. The molecule has 2 N–H and O–H groups in total. The molecule has 114 valence electrons. The molecule has 2 atom stereocenters. The molecule has 2 heterocycles. The summed E-state index contributed by atoms with van der Waals surface area (Å²) in [5.41, 5.74) is 1.11. The second kappa shape index (κ2) is 6.02. The maximum atomic E-state index is 13.6. The minimum absolute atomic E-state index is 0.241. The number of nitrogens with one attached hydrogen (secondary N) is 2. The molecule has 2 aliphatic heterocycles. The minimum atomic E-state index is -0.402. The molecule has 1 aromatic rings. The van der Waals surface area contributed by atoms with Gasteiger partial charge in [0.1, 0.15) is 5.82 Å². The van der Waals surface area contributed by atoms with Gasteiger partial charge in [-0.1, -0.05) is 0 Å². The lowest BCUT2D eigenvalue weighted by Gasteiger charge is -2.35. The lowest BCUT2D eigenvalue weighted by molar-refractivity contribution is -0.114. The van der Waals surface area contributed by atoms with Gasteiger partial charge in [-0.05, 0) is 50.4 Å². The van der Waals surface area contributed by atoms with Gasteiger partial charge in [0, 0.05) is 31.2 Å². The predicted molar refractivity (Wildman–Crippen MR) is 81.9 cm³/mol. The van der Waals surface area contributed by atoms with Crippen molar-refractivity contribution in [2.45, 2.75) is 44.7 Å². The standard InChI is InChI=1S/C16H22FN3O/c1-11(21)18-16-10-12(4-5-15(16)17)19-13-6-8-20-7-2-3-14(20)9-13/h4-5,10,13-14,19H,2-3,6-9H2,1H3,(H,18,21). The first-order chi connectivity index (χ1) is 10.1. The minimum Gasteiger partial charge on any atom is -0.382 e. The van der Waals surface area contributed by atoms with Gasteiger partial charge in [0.2, 0.25) is 5.91 Å². The van der Waals surface area contributed by atoms with Crippen LogP contribution < -0.4 is 10.6 Å². The first-order valence-corrected chi connectivity index (χ1v) is 7.69. The van der Waals surface area contributed by atoms with E-state index in [2.05, 4.69) is 15.5 Å². The Kier molecular flexibility index (Phi) is 4.10. The number of fused-ring (bicyclic) bond motifs is 1. The van der Waals surface area contributed by atoms with Crippen molar-refractivity contribution in [2.75, 3.05) is 23.7 Å². The zero-order chi connectivity index (χ0) is 14.8. The molecular formula is C16H22FN3O. The molecule has 0 spiro atoms. The average Bonchev–Trinajstić information content (AvgIpc) is 2.89. The van der Waals surface area contributed by atoms with Gasteiger partial charge < -0.3 is 15.5 Å². The Hall–Kier alpha value is -1.62. The van der Waals surface area contributed by atoms with Crippen LogP contribution in [0.2, 0.25) is 0 Å². The monoisotopic (exact) mass is 291 g/mol. The first-order valence-electron chi connectivity index (χ1n) is 7.69. The third-order valence-corrected chi connectivity index (χ3v) is 4.47. The van der Waals surface area contributed by atoms with Gasteiger partial charge in [0.25, 0.3) is 0 Å². The zero-order valence-corrected chi connectivity index (χ0v) is 12.4. The van der Waals surface area contributed by atoms with Gasteiger partial charge in [-0.25, -0.2) is 4.39 Å². The van der Waals surface area contributed by atoms with Gasteiger partial charge in [-0.15, -0.1) is 0 Å². The summed E-state index contributed by atoms with van der Waals surface area (Å²) in [6, 6.07) is 5.95. The van der Waals surface area contributed by atoms with Crippen molar-refractivity contribution in [1.29, 1.82) is 0 Å². The normalized spacial score (nSPS) is 25.4. The number of carbonyl (C=O) groups excluding carboxylic acids is 1. The molecule has 4 nitrogen and oxygen atoms in total. The molecule has 0 saturated carbocycles. The van der Waals surface area contributed by atoms with Crippen LogP contribution in [0.25, 0.3) is 0 Å². The van der Waals surface area contributed by atoms with E-state index in [-0.39, 0.29) is 11.6 Å². The Morgan fingerprint density at radius 3 is 3.00 bits per heavy atom. The van der Waals surface area contributed by atoms with Crippen molar-refractivity contribution in [3.63, 3.8) is 0 Å². The molecule has 1 aromatic carbocycles. The highest BCUT2D eigenvalue weighted by Gasteiger charge is 2.31. The molecule has 0 aliphatic carbocycles. The van der Waals surface area contributed by atoms with E-state index in [0.29, 0.717) is 12.1 Å². The van der Waals surface area contributed by atoms with Crippen LogP contribution in [0.15, 0.2) is 18.2 Å². The summed E-state index contributed by atoms with van der Waals surface area (Å²) in [6.45, 7) is 3.76. The van der Waals surface area contributed by atoms with E-state index < -0.39 is 5.82 Å². The maximum absolute atomic E-state index is 13.6. The molecule has 2 aliphatic rings. The van der Waals surface area contributed by atoms with E-state index in [9.17, 15) is 9.18 Å². The number of piperidine rings is 1. The molecule has 0 aromatic heterocycles.